The van der Waals surface area contributed by atoms with Crippen molar-refractivity contribution < 1.29 is 14.4 Å². The molecule has 3 aromatic rings. The number of likely N-dealkylation sites (tertiary alicyclic amines) is 1. The molecule has 1 fully saturated rings. The van der Waals surface area contributed by atoms with Crippen LogP contribution in [0.4, 0.5) is 0 Å². The van der Waals surface area contributed by atoms with E-state index in [1.54, 1.807) is 23.1 Å². The first kappa shape index (κ1) is 26.4. The van der Waals surface area contributed by atoms with Crippen LogP contribution in [0.1, 0.15) is 50.6 Å². The highest BCUT2D eigenvalue weighted by atomic mass is 35.5. The van der Waals surface area contributed by atoms with Gasteiger partial charge in [-0.25, -0.2) is 4.98 Å². The number of nitrogens with zero attached hydrogens (tertiary/aromatic N) is 3. The van der Waals surface area contributed by atoms with Crippen LogP contribution < -0.4 is 10.6 Å². The molecule has 0 bridgehead atoms. The number of nitrogens with one attached hydrogen (secondary N) is 3. The third-order valence-corrected chi connectivity index (χ3v) is 8.31. The van der Waals surface area contributed by atoms with Crippen LogP contribution in [-0.2, 0) is 17.8 Å². The summed E-state index contributed by atoms with van der Waals surface area (Å²) in [7, 11) is 2.05. The molecule has 2 atom stereocenters. The van der Waals surface area contributed by atoms with E-state index in [1.165, 1.54) is 11.3 Å². The van der Waals surface area contributed by atoms with E-state index in [9.17, 15) is 14.4 Å². The van der Waals surface area contributed by atoms with Gasteiger partial charge in [0.15, 0.2) is 5.01 Å². The molecule has 2 aliphatic heterocycles. The van der Waals surface area contributed by atoms with Gasteiger partial charge in [-0.15, -0.1) is 11.3 Å². The van der Waals surface area contributed by atoms with E-state index in [0.717, 1.165) is 46.6 Å². The molecule has 38 heavy (non-hydrogen) atoms. The zero-order valence-corrected chi connectivity index (χ0v) is 23.0. The van der Waals surface area contributed by atoms with Gasteiger partial charge in [-0.1, -0.05) is 23.8 Å². The second-order valence-electron chi connectivity index (χ2n) is 10.2. The van der Waals surface area contributed by atoms with E-state index >= 15 is 0 Å². The van der Waals surface area contributed by atoms with Crippen molar-refractivity contribution in [2.75, 3.05) is 26.7 Å². The van der Waals surface area contributed by atoms with Crippen molar-refractivity contribution in [2.24, 2.45) is 0 Å². The van der Waals surface area contributed by atoms with Gasteiger partial charge in [-0.2, -0.15) is 0 Å². The first-order chi connectivity index (χ1) is 18.2. The van der Waals surface area contributed by atoms with Crippen LogP contribution in [0.25, 0.3) is 10.9 Å². The van der Waals surface area contributed by atoms with Gasteiger partial charge < -0.3 is 25.4 Å². The molecule has 2 aromatic heterocycles. The smallest absolute Gasteiger partial charge is 0.280 e. The van der Waals surface area contributed by atoms with Crippen molar-refractivity contribution >= 4 is 51.6 Å². The molecule has 0 aliphatic carbocycles. The lowest BCUT2D eigenvalue weighted by molar-refractivity contribution is -0.132. The Morgan fingerprint density at radius 2 is 1.97 bits per heavy atom. The van der Waals surface area contributed by atoms with Gasteiger partial charge in [0, 0.05) is 59.8 Å². The molecule has 9 nitrogen and oxygen atoms in total. The number of thiazole rings is 1. The minimum atomic E-state index is -0.475. The van der Waals surface area contributed by atoms with Crippen molar-refractivity contribution in [3.8, 4) is 0 Å². The third-order valence-electron chi connectivity index (χ3n) is 7.00. The van der Waals surface area contributed by atoms with E-state index in [2.05, 4.69) is 39.1 Å². The van der Waals surface area contributed by atoms with E-state index in [-0.39, 0.29) is 30.2 Å². The number of hydrogen-bond donors (Lipinski definition) is 3. The van der Waals surface area contributed by atoms with Gasteiger partial charge >= 0.3 is 0 Å². The Balaban J connectivity index is 1.33. The molecule has 1 saturated heterocycles. The second kappa shape index (κ2) is 10.9. The van der Waals surface area contributed by atoms with Crippen molar-refractivity contribution in [3.05, 3.63) is 62.7 Å². The molecule has 1 aromatic carbocycles. The molecule has 4 heterocycles. The lowest BCUT2D eigenvalue weighted by Gasteiger charge is -2.39. The lowest BCUT2D eigenvalue weighted by Crippen LogP contribution is -2.61. The number of halogens is 1. The Morgan fingerprint density at radius 1 is 1.18 bits per heavy atom. The van der Waals surface area contributed by atoms with E-state index < -0.39 is 6.04 Å². The predicted molar refractivity (Wildman–Crippen MR) is 149 cm³/mol. The van der Waals surface area contributed by atoms with Gasteiger partial charge in [-0.3, -0.25) is 14.4 Å². The average Bonchev–Trinajstić information content (AvgIpc) is 3.48. The number of rotatable bonds is 6. The molecule has 2 aliphatic rings. The molecule has 0 saturated carbocycles. The molecular formula is C27H31ClN6O3S. The number of hydrogen-bond acceptors (Lipinski definition) is 6. The van der Waals surface area contributed by atoms with Gasteiger partial charge in [0.2, 0.25) is 5.91 Å². The largest absolute Gasteiger partial charge is 0.351 e. The summed E-state index contributed by atoms with van der Waals surface area (Å²) in [6.07, 6.45) is 1.57. The van der Waals surface area contributed by atoms with Crippen LogP contribution in [-0.4, -0.2) is 76.3 Å². The summed E-state index contributed by atoms with van der Waals surface area (Å²) >= 11 is 7.50. The highest BCUT2D eigenvalue weighted by molar-refractivity contribution is 7.13. The number of likely N-dealkylation sites (N-methyl/N-ethyl adjacent to an activating group) is 1. The number of aromatic nitrogens is 2. The first-order valence-electron chi connectivity index (χ1n) is 12.7. The Labute approximate surface area is 230 Å². The van der Waals surface area contributed by atoms with Crippen molar-refractivity contribution in [1.29, 1.82) is 0 Å². The molecule has 5 rings (SSSR count). The molecule has 3 amide bonds. The van der Waals surface area contributed by atoms with Crippen LogP contribution in [0, 0.1) is 0 Å². The summed E-state index contributed by atoms with van der Waals surface area (Å²) in [5.74, 6) is -0.608. The Kier molecular flexibility index (Phi) is 7.56. The topological polar surface area (TPSA) is 110 Å². The minimum absolute atomic E-state index is 0.0400. The summed E-state index contributed by atoms with van der Waals surface area (Å²) in [5.41, 5.74) is 2.97. The van der Waals surface area contributed by atoms with Crippen molar-refractivity contribution in [3.63, 3.8) is 0 Å². The highest BCUT2D eigenvalue weighted by Crippen LogP contribution is 2.25. The standard InChI is InChI=1S/C27H31ClN6O3S/c1-15(2)10-24(35)34-9-7-19(30-25(36)21-12-16-11-17(28)4-5-18(16)29-21)22(13-34)31-26(37)27-32-20-6-8-33(3)14-23(20)38-27/h4-5,11-12,19,22,29H,1,6-10,13-14H2,2-3H3,(H,30,36)(H,31,37)/t19-,22+/m0/s1. The first-order valence-corrected chi connectivity index (χ1v) is 13.8. The van der Waals surface area contributed by atoms with Crippen molar-refractivity contribution in [2.45, 2.75) is 44.8 Å². The maximum atomic E-state index is 13.3. The Bertz CT molecular complexity index is 1410. The van der Waals surface area contributed by atoms with Crippen LogP contribution in [0.3, 0.4) is 0 Å². The van der Waals surface area contributed by atoms with E-state index in [0.29, 0.717) is 35.2 Å². The molecular weight excluding hydrogens is 524 g/mol. The third kappa shape index (κ3) is 5.77. The Morgan fingerprint density at radius 3 is 2.76 bits per heavy atom. The monoisotopic (exact) mass is 554 g/mol. The highest BCUT2D eigenvalue weighted by Gasteiger charge is 2.35. The van der Waals surface area contributed by atoms with Gasteiger partial charge in [-0.05, 0) is 44.7 Å². The summed E-state index contributed by atoms with van der Waals surface area (Å²) in [6.45, 7) is 8.12. The van der Waals surface area contributed by atoms with E-state index in [4.69, 9.17) is 11.6 Å². The van der Waals surface area contributed by atoms with Gasteiger partial charge in [0.1, 0.15) is 5.69 Å². The van der Waals surface area contributed by atoms with Crippen LogP contribution in [0.2, 0.25) is 5.02 Å². The summed E-state index contributed by atoms with van der Waals surface area (Å²) < 4.78 is 0. The number of H-pyrrole nitrogens is 1. The van der Waals surface area contributed by atoms with Crippen LogP contribution in [0.15, 0.2) is 36.4 Å². The Hall–Kier alpha value is -3.21. The fourth-order valence-electron chi connectivity index (χ4n) is 4.99. The molecule has 3 N–H and O–H groups in total. The van der Waals surface area contributed by atoms with E-state index in [1.807, 2.05) is 13.0 Å². The maximum absolute atomic E-state index is 13.3. The molecule has 200 valence electrons. The minimum Gasteiger partial charge on any atom is -0.351 e. The number of carbonyl (C=O) groups excluding carboxylic acids is 3. The van der Waals surface area contributed by atoms with Crippen LogP contribution in [0.5, 0.6) is 0 Å². The molecule has 0 radical (unpaired) electrons. The quantitative estimate of drug-likeness (QED) is 0.405. The van der Waals surface area contributed by atoms with Crippen LogP contribution >= 0.6 is 22.9 Å². The lowest BCUT2D eigenvalue weighted by atomic mass is 9.98. The average molecular weight is 555 g/mol. The molecule has 0 unspecified atom stereocenters. The zero-order chi connectivity index (χ0) is 27.0. The number of piperidine rings is 1. The SMILES string of the molecule is C=C(C)CC(=O)N1CC[C@H](NC(=O)c2cc3cc(Cl)ccc3[nH]2)[C@H](NC(=O)c2nc3c(s2)CN(C)CC3)C1. The number of benzene rings is 1. The van der Waals surface area contributed by atoms with Gasteiger partial charge in [0.25, 0.3) is 11.8 Å². The number of fused-ring (bicyclic) bond motifs is 2. The molecule has 11 heteroatoms. The number of amides is 3. The fraction of sp³-hybridized carbons (Fsp3) is 0.407. The number of carbonyl (C=O) groups is 3. The summed E-state index contributed by atoms with van der Waals surface area (Å²) in [4.78, 5) is 52.0. The predicted octanol–water partition coefficient (Wildman–Crippen LogP) is 3.36. The normalized spacial score (nSPS) is 19.7. The fourth-order valence-corrected chi connectivity index (χ4v) is 6.26. The molecule has 0 spiro atoms. The summed E-state index contributed by atoms with van der Waals surface area (Å²) in [6, 6.07) is 6.30. The maximum Gasteiger partial charge on any atom is 0.280 e. The second-order valence-corrected chi connectivity index (χ2v) is 11.7. The van der Waals surface area contributed by atoms with Crippen molar-refractivity contribution in [1.82, 2.24) is 30.4 Å². The van der Waals surface area contributed by atoms with Gasteiger partial charge in [0.05, 0.1) is 17.8 Å². The number of aromatic amines is 1. The zero-order valence-electron chi connectivity index (χ0n) is 21.5. The summed E-state index contributed by atoms with van der Waals surface area (Å²) in [5, 5.41) is 7.99.